The van der Waals surface area contributed by atoms with E-state index in [1.165, 1.54) is 19.1 Å². The van der Waals surface area contributed by atoms with E-state index in [0.29, 0.717) is 0 Å². The van der Waals surface area contributed by atoms with Crippen molar-refractivity contribution >= 4 is 17.8 Å². The van der Waals surface area contributed by atoms with Crippen LogP contribution in [0.25, 0.3) is 0 Å². The average molecular weight is 265 g/mol. The van der Waals surface area contributed by atoms with Crippen molar-refractivity contribution < 1.29 is 24.6 Å². The normalized spacial score (nSPS) is 30.3. The number of hydrogen-bond donors (Lipinski definition) is 3. The van der Waals surface area contributed by atoms with Crippen molar-refractivity contribution in [3.05, 3.63) is 23.3 Å². The van der Waals surface area contributed by atoms with Gasteiger partial charge >= 0.3 is 11.9 Å². The second-order valence-electron chi connectivity index (χ2n) is 5.23. The van der Waals surface area contributed by atoms with Gasteiger partial charge in [-0.3, -0.25) is 9.59 Å². The van der Waals surface area contributed by atoms with Gasteiger partial charge in [0.05, 0.1) is 11.0 Å². The van der Waals surface area contributed by atoms with Gasteiger partial charge in [-0.2, -0.15) is 0 Å². The summed E-state index contributed by atoms with van der Waals surface area (Å²) in [6.07, 6.45) is 4.14. The molecule has 1 saturated carbocycles. The molecular weight excluding hydrogens is 250 g/mol. The molecule has 2 aliphatic rings. The van der Waals surface area contributed by atoms with E-state index in [4.69, 9.17) is 5.73 Å². The maximum atomic E-state index is 11.5. The van der Waals surface area contributed by atoms with Crippen LogP contribution in [0.1, 0.15) is 19.8 Å². The lowest BCUT2D eigenvalue weighted by Gasteiger charge is -2.35. The number of aliphatic carboxylic acids is 2. The average Bonchev–Trinajstić information content (AvgIpc) is 3.11. The summed E-state index contributed by atoms with van der Waals surface area (Å²) >= 11 is 0. The number of hydrogen-bond acceptors (Lipinski definition) is 3. The molecule has 0 heterocycles. The van der Waals surface area contributed by atoms with Crippen LogP contribution in [-0.2, 0) is 14.4 Å². The number of carboxylic acid groups (broad SMARTS) is 2. The molecule has 0 radical (unpaired) electrons. The molecule has 2 rings (SSSR count). The second-order valence-corrected chi connectivity index (χ2v) is 5.23. The molecule has 2 atom stereocenters. The summed E-state index contributed by atoms with van der Waals surface area (Å²) in [6.45, 7) is 1.48. The van der Waals surface area contributed by atoms with Gasteiger partial charge in [0, 0.05) is 11.5 Å². The van der Waals surface area contributed by atoms with Crippen LogP contribution >= 0.6 is 0 Å². The lowest BCUT2D eigenvalue weighted by Crippen LogP contribution is -2.41. The fraction of sp³-hybridized carbons (Fsp3) is 0.462. The lowest BCUT2D eigenvalue weighted by molar-refractivity contribution is -0.148. The Balaban J connectivity index is 2.61. The topological polar surface area (TPSA) is 118 Å². The number of carboxylic acids is 2. The van der Waals surface area contributed by atoms with E-state index in [2.05, 4.69) is 0 Å². The summed E-state index contributed by atoms with van der Waals surface area (Å²) in [5.74, 6) is -3.95. The molecule has 6 nitrogen and oxygen atoms in total. The number of rotatable bonds is 4. The predicted molar refractivity (Wildman–Crippen MR) is 65.0 cm³/mol. The van der Waals surface area contributed by atoms with Gasteiger partial charge in [0.25, 0.3) is 0 Å². The molecule has 4 N–H and O–H groups in total. The standard InChI is InChI=1S/C13H15NO5/c1-13(12(18)19)5-4-7(10(14)15)8(11(16)17)9(13)6-2-3-6/h4-6,9H,2-3H2,1H3,(H2,14,15)(H,16,17)(H,18,19). The molecule has 102 valence electrons. The Bertz CT molecular complexity index is 529. The lowest BCUT2D eigenvalue weighted by atomic mass is 9.66. The zero-order valence-corrected chi connectivity index (χ0v) is 10.4. The van der Waals surface area contributed by atoms with Crippen molar-refractivity contribution in [2.24, 2.45) is 23.0 Å². The van der Waals surface area contributed by atoms with Crippen LogP contribution in [-0.4, -0.2) is 28.1 Å². The Morgan fingerprint density at radius 3 is 2.26 bits per heavy atom. The summed E-state index contributed by atoms with van der Waals surface area (Å²) in [5.41, 5.74) is 3.61. The van der Waals surface area contributed by atoms with Crippen molar-refractivity contribution in [2.75, 3.05) is 0 Å². The van der Waals surface area contributed by atoms with Crippen molar-refractivity contribution in [3.63, 3.8) is 0 Å². The first kappa shape index (κ1) is 13.3. The first-order valence-corrected chi connectivity index (χ1v) is 5.99. The zero-order chi connectivity index (χ0) is 14.4. The summed E-state index contributed by atoms with van der Waals surface area (Å²) < 4.78 is 0. The second kappa shape index (κ2) is 4.22. The van der Waals surface area contributed by atoms with Crippen molar-refractivity contribution in [1.29, 1.82) is 0 Å². The van der Waals surface area contributed by atoms with E-state index < -0.39 is 29.2 Å². The Morgan fingerprint density at radius 1 is 1.32 bits per heavy atom. The summed E-state index contributed by atoms with van der Waals surface area (Å²) in [7, 11) is 0. The quantitative estimate of drug-likeness (QED) is 0.685. The molecule has 2 aliphatic carbocycles. The molecule has 2 unspecified atom stereocenters. The summed E-state index contributed by atoms with van der Waals surface area (Å²) in [4.78, 5) is 34.3. The Labute approximate surface area is 109 Å². The summed E-state index contributed by atoms with van der Waals surface area (Å²) in [5, 5.41) is 18.7. The zero-order valence-electron chi connectivity index (χ0n) is 10.4. The SMILES string of the molecule is CC1(C(=O)O)C=CC(C(N)=O)=C(C(=O)O)C1C1CC1. The predicted octanol–water partition coefficient (Wildman–Crippen LogP) is 0.540. The molecule has 1 fully saturated rings. The smallest absolute Gasteiger partial charge is 0.332 e. The summed E-state index contributed by atoms with van der Waals surface area (Å²) in [6, 6.07) is 0. The van der Waals surface area contributed by atoms with Gasteiger partial charge in [-0.25, -0.2) is 4.79 Å². The van der Waals surface area contributed by atoms with Gasteiger partial charge in [-0.15, -0.1) is 0 Å². The van der Waals surface area contributed by atoms with Crippen LogP contribution in [0.15, 0.2) is 23.3 Å². The largest absolute Gasteiger partial charge is 0.481 e. The minimum Gasteiger partial charge on any atom is -0.481 e. The minimum absolute atomic E-state index is 0.0218. The van der Waals surface area contributed by atoms with E-state index in [9.17, 15) is 24.6 Å². The van der Waals surface area contributed by atoms with Crippen LogP contribution in [0.4, 0.5) is 0 Å². The van der Waals surface area contributed by atoms with Crippen LogP contribution in [0, 0.1) is 17.3 Å². The molecular formula is C13H15NO5. The van der Waals surface area contributed by atoms with Crippen LogP contribution in [0.3, 0.4) is 0 Å². The number of carbonyl (C=O) groups is 3. The van der Waals surface area contributed by atoms with E-state index in [-0.39, 0.29) is 17.1 Å². The Kier molecular flexibility index (Phi) is 2.96. The minimum atomic E-state index is -1.31. The first-order valence-electron chi connectivity index (χ1n) is 5.99. The molecule has 0 aromatic carbocycles. The van der Waals surface area contributed by atoms with Crippen LogP contribution in [0.5, 0.6) is 0 Å². The van der Waals surface area contributed by atoms with Gasteiger partial charge in [-0.05, 0) is 25.7 Å². The fourth-order valence-electron chi connectivity index (χ4n) is 2.74. The number of nitrogens with two attached hydrogens (primary N) is 1. The molecule has 0 bridgehead atoms. The van der Waals surface area contributed by atoms with Crippen molar-refractivity contribution in [2.45, 2.75) is 19.8 Å². The highest BCUT2D eigenvalue weighted by atomic mass is 16.4. The van der Waals surface area contributed by atoms with Crippen molar-refractivity contribution in [3.8, 4) is 0 Å². The highest BCUT2D eigenvalue weighted by molar-refractivity contribution is 6.05. The molecule has 0 aromatic rings. The van der Waals surface area contributed by atoms with E-state index >= 15 is 0 Å². The van der Waals surface area contributed by atoms with E-state index in [0.717, 1.165) is 12.8 Å². The maximum Gasteiger partial charge on any atom is 0.332 e. The third-order valence-corrected chi connectivity index (χ3v) is 3.89. The van der Waals surface area contributed by atoms with Gasteiger partial charge < -0.3 is 15.9 Å². The monoisotopic (exact) mass is 265 g/mol. The fourth-order valence-corrected chi connectivity index (χ4v) is 2.74. The van der Waals surface area contributed by atoms with Gasteiger partial charge in [0.1, 0.15) is 0 Å². The molecule has 0 saturated heterocycles. The van der Waals surface area contributed by atoms with E-state index in [1.54, 1.807) is 0 Å². The third kappa shape index (κ3) is 2.03. The molecule has 0 spiro atoms. The van der Waals surface area contributed by atoms with Crippen LogP contribution in [0.2, 0.25) is 0 Å². The number of primary amides is 1. The van der Waals surface area contributed by atoms with Crippen molar-refractivity contribution in [1.82, 2.24) is 0 Å². The van der Waals surface area contributed by atoms with Crippen LogP contribution < -0.4 is 5.73 Å². The Hall–Kier alpha value is -2.11. The first-order chi connectivity index (χ1) is 8.79. The molecule has 0 aliphatic heterocycles. The number of amides is 1. The van der Waals surface area contributed by atoms with E-state index in [1.807, 2.05) is 0 Å². The highest BCUT2D eigenvalue weighted by Crippen LogP contribution is 2.52. The van der Waals surface area contributed by atoms with Gasteiger partial charge in [0.15, 0.2) is 0 Å². The molecule has 0 aromatic heterocycles. The molecule has 1 amide bonds. The maximum absolute atomic E-state index is 11.5. The molecule has 19 heavy (non-hydrogen) atoms. The van der Waals surface area contributed by atoms with Gasteiger partial charge in [-0.1, -0.05) is 12.2 Å². The molecule has 6 heteroatoms. The number of carbonyl (C=O) groups excluding carboxylic acids is 1. The highest BCUT2D eigenvalue weighted by Gasteiger charge is 2.53. The third-order valence-electron chi connectivity index (χ3n) is 3.89. The Morgan fingerprint density at radius 2 is 1.89 bits per heavy atom. The van der Waals surface area contributed by atoms with Gasteiger partial charge in [0.2, 0.25) is 5.91 Å².